The number of hydrogen-bond donors (Lipinski definition) is 3. The maximum absolute atomic E-state index is 12.9. The number of methoxy groups -OCH3 is 2. The van der Waals surface area contributed by atoms with Crippen molar-refractivity contribution in [2.75, 3.05) is 71.5 Å². The molecule has 2 heterocycles. The van der Waals surface area contributed by atoms with Crippen molar-refractivity contribution in [2.45, 2.75) is 79.4 Å². The van der Waals surface area contributed by atoms with Gasteiger partial charge in [-0.1, -0.05) is 12.5 Å². The number of nitrogens with zero attached hydrogens (tertiary/aromatic N) is 2. The van der Waals surface area contributed by atoms with E-state index in [0.29, 0.717) is 75.6 Å². The molecule has 16 nitrogen and oxygen atoms in total. The van der Waals surface area contributed by atoms with Crippen molar-refractivity contribution >= 4 is 53.4 Å². The Morgan fingerprint density at radius 2 is 1.50 bits per heavy atom. The molecule has 2 atom stereocenters. The third kappa shape index (κ3) is 11.2. The molecule has 2 aromatic rings. The average molecular weight is 872 g/mol. The number of aliphatic carboxylic acids is 1. The van der Waals surface area contributed by atoms with Gasteiger partial charge in [0.05, 0.1) is 41.3 Å². The molecule has 0 bridgehead atoms. The summed E-state index contributed by atoms with van der Waals surface area (Å²) in [5, 5.41) is 9.18. The van der Waals surface area contributed by atoms with Crippen molar-refractivity contribution in [3.05, 3.63) is 71.5 Å². The Kier molecular flexibility index (Phi) is 16.0. The van der Waals surface area contributed by atoms with E-state index in [0.717, 1.165) is 24.1 Å². The number of fused-ring (bicyclic) bond motifs is 2. The van der Waals surface area contributed by atoms with Crippen LogP contribution in [0.1, 0.15) is 69.9 Å². The van der Waals surface area contributed by atoms with Gasteiger partial charge in [-0.25, -0.2) is 0 Å². The minimum Gasteiger partial charge on any atom is -0.481 e. The first-order chi connectivity index (χ1) is 27.2. The van der Waals surface area contributed by atoms with Crippen LogP contribution >= 0.6 is 0 Å². The minimum absolute atomic E-state index is 0.0110. The molecule has 0 aromatic heterocycles. The maximum atomic E-state index is 12.9. The molecule has 0 amide bonds. The van der Waals surface area contributed by atoms with Crippen molar-refractivity contribution in [3.8, 4) is 0 Å². The molecule has 0 fully saturated rings. The molecule has 2 unspecified atom stereocenters. The van der Waals surface area contributed by atoms with Crippen molar-refractivity contribution in [2.24, 2.45) is 0 Å². The first-order valence-corrected chi connectivity index (χ1v) is 23.3. The molecule has 0 spiro atoms. The zero-order valence-electron chi connectivity index (χ0n) is 33.5. The molecular weight excluding hydrogens is 817 g/mol. The fourth-order valence-corrected chi connectivity index (χ4v) is 9.46. The fourth-order valence-electron chi connectivity index (χ4n) is 7.75. The first kappa shape index (κ1) is 47.2. The predicted octanol–water partition coefficient (Wildman–Crippen LogP) is 4.86. The summed E-state index contributed by atoms with van der Waals surface area (Å²) in [6.07, 6.45) is 8.06. The number of rotatable bonds is 24. The first-order valence-electron chi connectivity index (χ1n) is 18.8. The molecular formula is C39H55N2O14S3+. The summed E-state index contributed by atoms with van der Waals surface area (Å²) in [5.74, 6) is -1.41. The molecule has 0 radical (unpaired) electrons. The monoisotopic (exact) mass is 871 g/mol. The Hall–Kier alpha value is -3.53. The second-order valence-corrected chi connectivity index (χ2v) is 19.4. The van der Waals surface area contributed by atoms with E-state index < -0.39 is 52.9 Å². The number of anilines is 1. The Labute approximate surface area is 341 Å². The van der Waals surface area contributed by atoms with E-state index in [9.17, 15) is 44.3 Å². The van der Waals surface area contributed by atoms with Gasteiger partial charge in [-0.3, -0.25) is 18.1 Å². The van der Waals surface area contributed by atoms with Crippen molar-refractivity contribution in [3.63, 3.8) is 0 Å². The lowest BCUT2D eigenvalue weighted by molar-refractivity contribution is -0.442. The number of unbranched alkanes of at least 4 members (excludes halogenated alkanes) is 2. The topological polar surface area (TPSA) is 223 Å². The van der Waals surface area contributed by atoms with Gasteiger partial charge in [0.15, 0.2) is 12.3 Å². The summed E-state index contributed by atoms with van der Waals surface area (Å²) >= 11 is 0. The highest BCUT2D eigenvalue weighted by Crippen LogP contribution is 2.51. The smallest absolute Gasteiger partial charge is 0.303 e. The molecule has 58 heavy (non-hydrogen) atoms. The second-order valence-electron chi connectivity index (χ2n) is 14.7. The van der Waals surface area contributed by atoms with Crippen LogP contribution in [0, 0.1) is 0 Å². The van der Waals surface area contributed by atoms with Crippen molar-refractivity contribution in [1.29, 1.82) is 0 Å². The number of hydrogen-bond acceptors (Lipinski definition) is 12. The fraction of sp³-hybridized carbons (Fsp3) is 0.538. The number of carbonyl (C=O) groups is 1. The van der Waals surface area contributed by atoms with E-state index in [1.54, 1.807) is 32.4 Å². The summed E-state index contributed by atoms with van der Waals surface area (Å²) in [6.45, 7) is 5.90. The van der Waals surface area contributed by atoms with E-state index in [4.69, 9.17) is 18.4 Å². The van der Waals surface area contributed by atoms with Gasteiger partial charge in [0.25, 0.3) is 30.4 Å². The molecule has 0 aliphatic carbocycles. The molecule has 3 N–H and O–H groups in total. The van der Waals surface area contributed by atoms with Crippen LogP contribution in [0.15, 0.2) is 70.1 Å². The maximum Gasteiger partial charge on any atom is 0.303 e. The van der Waals surface area contributed by atoms with E-state index >= 15 is 0 Å². The van der Waals surface area contributed by atoms with E-state index in [-0.39, 0.29) is 35.7 Å². The predicted molar refractivity (Wildman–Crippen MR) is 217 cm³/mol. The number of ether oxygens (including phenoxy) is 3. The SMILES string of the molecule is COCCOCC[N+]1=C(/C=C/C=C2/N(CCCCCC(=O)O)c3ccc(S(=O)(=O)OC)cc3C2(C)CCOC)C(C)(CCCS(=O)(=O)O)c2cc(S(=O)(=O)O)ccc21. The van der Waals surface area contributed by atoms with Gasteiger partial charge >= 0.3 is 5.97 Å². The third-order valence-electron chi connectivity index (χ3n) is 10.8. The molecule has 2 aromatic carbocycles. The molecule has 19 heteroatoms. The standard InChI is InChI=1S/C39H54N2O14S3/c1-38(18-10-26-56(44,45)46)31-27-29(57(47,48)49)14-16-34(31)41(21-23-55-25-24-53-4)35(38)11-9-12-36-39(2,19-22-52-3)32-28-30(58(50,51)54-5)15-17-33(32)40(36)20-8-6-7-13-37(42)43/h9,11-12,14-17,27-28H,6-8,10,13,18-26H2,1-5H3,(H2-,42,43,44,45,46,47,48,49)/p+1. The third-order valence-corrected chi connectivity index (χ3v) is 13.7. The van der Waals surface area contributed by atoms with Crippen LogP contribution in [0.3, 0.4) is 0 Å². The molecule has 2 aliphatic rings. The highest BCUT2D eigenvalue weighted by molar-refractivity contribution is 7.86. The number of carboxylic acids is 1. The highest BCUT2D eigenvalue weighted by atomic mass is 32.2. The number of carboxylic acid groups (broad SMARTS) is 1. The Morgan fingerprint density at radius 1 is 0.810 bits per heavy atom. The molecule has 0 saturated carbocycles. The van der Waals surface area contributed by atoms with Crippen LogP contribution in [0.4, 0.5) is 11.4 Å². The van der Waals surface area contributed by atoms with Crippen LogP contribution in [0.2, 0.25) is 0 Å². The largest absolute Gasteiger partial charge is 0.481 e. The van der Waals surface area contributed by atoms with Crippen LogP contribution in [0.5, 0.6) is 0 Å². The number of benzene rings is 2. The van der Waals surface area contributed by atoms with E-state index in [2.05, 4.69) is 4.90 Å². The quantitative estimate of drug-likeness (QED) is 0.0555. The number of allylic oxidation sites excluding steroid dienone is 4. The Morgan fingerprint density at radius 3 is 2.14 bits per heavy atom. The molecule has 322 valence electrons. The van der Waals surface area contributed by atoms with Gasteiger partial charge in [0.1, 0.15) is 6.61 Å². The van der Waals surface area contributed by atoms with E-state index in [1.165, 1.54) is 18.2 Å². The minimum atomic E-state index is -4.61. The van der Waals surface area contributed by atoms with Gasteiger partial charge in [-0.2, -0.15) is 29.8 Å². The van der Waals surface area contributed by atoms with Gasteiger partial charge in [0, 0.05) is 68.3 Å². The molecule has 2 aliphatic heterocycles. The van der Waals surface area contributed by atoms with Gasteiger partial charge < -0.3 is 24.2 Å². The summed E-state index contributed by atoms with van der Waals surface area (Å²) in [6, 6.07) is 9.09. The lowest BCUT2D eigenvalue weighted by Crippen LogP contribution is -2.33. The normalized spacial score (nSPS) is 20.4. The molecule has 0 saturated heterocycles. The van der Waals surface area contributed by atoms with Crippen molar-refractivity contribution in [1.82, 2.24) is 0 Å². The van der Waals surface area contributed by atoms with Crippen LogP contribution in [-0.4, -0.2) is 122 Å². The van der Waals surface area contributed by atoms with E-state index in [1.807, 2.05) is 36.7 Å². The summed E-state index contributed by atoms with van der Waals surface area (Å²) in [7, 11) is -8.75. The second kappa shape index (κ2) is 19.7. The van der Waals surface area contributed by atoms with Crippen LogP contribution in [0.25, 0.3) is 0 Å². The Bertz CT molecular complexity index is 2240. The summed E-state index contributed by atoms with van der Waals surface area (Å²) in [5.41, 5.74) is 2.33. The highest BCUT2D eigenvalue weighted by Gasteiger charge is 2.48. The van der Waals surface area contributed by atoms with Crippen LogP contribution in [-0.2, 0) is 64.4 Å². The van der Waals surface area contributed by atoms with Crippen molar-refractivity contribution < 1.29 is 67.2 Å². The summed E-state index contributed by atoms with van der Waals surface area (Å²) < 4.78 is 117. The molecule has 4 rings (SSSR count). The average Bonchev–Trinajstić information content (AvgIpc) is 3.52. The van der Waals surface area contributed by atoms with Gasteiger partial charge in [-0.05, 0) is 87.9 Å². The van der Waals surface area contributed by atoms with Gasteiger partial charge in [-0.15, -0.1) is 0 Å². The van der Waals surface area contributed by atoms with Crippen LogP contribution < -0.4 is 4.90 Å². The zero-order valence-corrected chi connectivity index (χ0v) is 36.0. The Balaban J connectivity index is 1.91. The van der Waals surface area contributed by atoms with Gasteiger partial charge in [0.2, 0.25) is 5.69 Å². The summed E-state index contributed by atoms with van der Waals surface area (Å²) in [4.78, 5) is 13.0. The zero-order chi connectivity index (χ0) is 42.9. The lowest BCUT2D eigenvalue weighted by Gasteiger charge is -2.30. The lowest BCUT2D eigenvalue weighted by atomic mass is 9.75.